The standard InChI is InChI=1S/C29H24F2N6O3/c1-15-4-5-18(26(38)34-29(11-12-29)28-33-16(2)36-40-28)14-21(15)20-10-13-37-25(23(20)31)22(27(39)32-3)24(35-37)17-6-8-19(30)9-7-17/h4-10,13-14H,11-12H2,1-3H3,(H,32,39)(H,34,38). The van der Waals surface area contributed by atoms with E-state index in [-0.39, 0.29) is 28.2 Å². The summed E-state index contributed by atoms with van der Waals surface area (Å²) in [5.74, 6) is -1.17. The summed E-state index contributed by atoms with van der Waals surface area (Å²) < 4.78 is 36.4. The highest BCUT2D eigenvalue weighted by atomic mass is 19.1. The van der Waals surface area contributed by atoms with E-state index >= 15 is 4.39 Å². The number of fused-ring (bicyclic) bond motifs is 1. The maximum Gasteiger partial charge on any atom is 0.255 e. The van der Waals surface area contributed by atoms with Crippen molar-refractivity contribution in [3.05, 3.63) is 94.8 Å². The molecule has 3 aromatic heterocycles. The summed E-state index contributed by atoms with van der Waals surface area (Å²) >= 11 is 0. The van der Waals surface area contributed by atoms with Crippen molar-refractivity contribution in [2.75, 3.05) is 7.05 Å². The number of carbonyl (C=O) groups is 2. The minimum Gasteiger partial charge on any atom is -0.355 e. The molecule has 202 valence electrons. The number of aromatic nitrogens is 4. The van der Waals surface area contributed by atoms with Crippen LogP contribution in [-0.2, 0) is 5.54 Å². The molecule has 1 fully saturated rings. The number of nitrogens with one attached hydrogen (secondary N) is 2. The zero-order valence-corrected chi connectivity index (χ0v) is 21.9. The fourth-order valence-electron chi connectivity index (χ4n) is 4.81. The predicted molar refractivity (Wildman–Crippen MR) is 142 cm³/mol. The monoisotopic (exact) mass is 542 g/mol. The van der Waals surface area contributed by atoms with E-state index in [4.69, 9.17) is 4.52 Å². The van der Waals surface area contributed by atoms with E-state index in [2.05, 4.69) is 25.9 Å². The van der Waals surface area contributed by atoms with Gasteiger partial charge in [-0.05, 0) is 80.3 Å². The van der Waals surface area contributed by atoms with Gasteiger partial charge < -0.3 is 15.2 Å². The second kappa shape index (κ2) is 9.37. The van der Waals surface area contributed by atoms with Gasteiger partial charge in [-0.15, -0.1) is 0 Å². The van der Waals surface area contributed by atoms with Gasteiger partial charge in [0.15, 0.2) is 11.6 Å². The lowest BCUT2D eigenvalue weighted by molar-refractivity contribution is 0.0919. The Kier molecular flexibility index (Phi) is 5.94. The SMILES string of the molecule is CNC(=O)c1c(-c2ccc(F)cc2)nn2ccc(-c3cc(C(=O)NC4(c5nc(C)no5)CC4)ccc3C)c(F)c12. The maximum atomic E-state index is 16.3. The first-order valence-electron chi connectivity index (χ1n) is 12.6. The molecule has 0 spiro atoms. The number of nitrogens with zero attached hydrogens (tertiary/aromatic N) is 4. The molecule has 1 aliphatic carbocycles. The third kappa shape index (κ3) is 4.19. The van der Waals surface area contributed by atoms with Gasteiger partial charge in [-0.25, -0.2) is 13.3 Å². The molecule has 9 nitrogen and oxygen atoms in total. The molecule has 2 N–H and O–H groups in total. The van der Waals surface area contributed by atoms with Gasteiger partial charge in [0.05, 0.1) is 5.56 Å². The summed E-state index contributed by atoms with van der Waals surface area (Å²) in [6.45, 7) is 3.52. The van der Waals surface area contributed by atoms with Gasteiger partial charge >= 0.3 is 0 Å². The molecule has 1 aliphatic rings. The van der Waals surface area contributed by atoms with Crippen molar-refractivity contribution in [2.45, 2.75) is 32.2 Å². The van der Waals surface area contributed by atoms with Crippen LogP contribution in [0.1, 0.15) is 50.8 Å². The summed E-state index contributed by atoms with van der Waals surface area (Å²) in [4.78, 5) is 30.5. The molecule has 40 heavy (non-hydrogen) atoms. The van der Waals surface area contributed by atoms with E-state index in [0.717, 1.165) is 5.56 Å². The van der Waals surface area contributed by atoms with E-state index in [9.17, 15) is 14.0 Å². The highest BCUT2D eigenvalue weighted by molar-refractivity contribution is 6.07. The number of hydrogen-bond acceptors (Lipinski definition) is 6. The molecule has 1 saturated carbocycles. The van der Waals surface area contributed by atoms with Crippen LogP contribution in [0.15, 0.2) is 59.3 Å². The predicted octanol–water partition coefficient (Wildman–Crippen LogP) is 4.73. The molecular weight excluding hydrogens is 518 g/mol. The number of benzene rings is 2. The Bertz CT molecular complexity index is 1800. The van der Waals surface area contributed by atoms with E-state index < -0.39 is 23.1 Å². The van der Waals surface area contributed by atoms with Gasteiger partial charge in [0, 0.05) is 29.9 Å². The van der Waals surface area contributed by atoms with Gasteiger partial charge in [-0.3, -0.25) is 9.59 Å². The van der Waals surface area contributed by atoms with Crippen LogP contribution in [0.4, 0.5) is 8.78 Å². The molecule has 0 unspecified atom stereocenters. The van der Waals surface area contributed by atoms with Crippen molar-refractivity contribution in [3.8, 4) is 22.4 Å². The average Bonchev–Trinajstić information content (AvgIpc) is 3.40. The molecule has 3 heterocycles. The zero-order chi connectivity index (χ0) is 28.2. The molecular formula is C29H24F2N6O3. The van der Waals surface area contributed by atoms with Crippen molar-refractivity contribution >= 4 is 17.3 Å². The molecule has 2 aromatic carbocycles. The van der Waals surface area contributed by atoms with Crippen LogP contribution in [0, 0.1) is 25.5 Å². The topological polar surface area (TPSA) is 114 Å². The van der Waals surface area contributed by atoms with Crippen LogP contribution in [0.25, 0.3) is 27.9 Å². The van der Waals surface area contributed by atoms with E-state index in [1.165, 1.54) is 35.8 Å². The molecule has 5 aromatic rings. The fraction of sp³-hybridized carbons (Fsp3) is 0.207. The molecule has 0 saturated heterocycles. The largest absolute Gasteiger partial charge is 0.355 e. The molecule has 0 radical (unpaired) electrons. The van der Waals surface area contributed by atoms with E-state index in [1.54, 1.807) is 37.4 Å². The number of aryl methyl sites for hydroxylation is 2. The Labute approximate surface area is 227 Å². The average molecular weight is 543 g/mol. The molecule has 2 amide bonds. The molecule has 6 rings (SSSR count). The van der Waals surface area contributed by atoms with Gasteiger partial charge in [0.2, 0.25) is 0 Å². The zero-order valence-electron chi connectivity index (χ0n) is 21.9. The number of carbonyl (C=O) groups excluding carboxylic acids is 2. The first kappa shape index (κ1) is 25.4. The van der Waals surface area contributed by atoms with Crippen LogP contribution in [0.5, 0.6) is 0 Å². The normalized spacial score (nSPS) is 13.8. The first-order valence-corrected chi connectivity index (χ1v) is 12.6. The third-order valence-electron chi connectivity index (χ3n) is 7.14. The van der Waals surface area contributed by atoms with Gasteiger partial charge in [0.25, 0.3) is 17.7 Å². The number of pyridine rings is 1. The Morgan fingerprint density at radius 1 is 1.00 bits per heavy atom. The van der Waals surface area contributed by atoms with Crippen molar-refractivity contribution in [3.63, 3.8) is 0 Å². The van der Waals surface area contributed by atoms with E-state index in [0.29, 0.717) is 41.2 Å². The summed E-state index contributed by atoms with van der Waals surface area (Å²) in [6, 6.07) is 12.0. The minimum atomic E-state index is -0.704. The summed E-state index contributed by atoms with van der Waals surface area (Å²) in [6.07, 6.45) is 2.89. The summed E-state index contributed by atoms with van der Waals surface area (Å²) in [5, 5.41) is 13.8. The van der Waals surface area contributed by atoms with Crippen LogP contribution in [0.2, 0.25) is 0 Å². The Balaban J connectivity index is 1.42. The van der Waals surface area contributed by atoms with Crippen molar-refractivity contribution in [1.29, 1.82) is 0 Å². The Morgan fingerprint density at radius 2 is 1.75 bits per heavy atom. The highest BCUT2D eigenvalue weighted by Crippen LogP contribution is 2.45. The lowest BCUT2D eigenvalue weighted by atomic mass is 9.96. The number of hydrogen-bond donors (Lipinski definition) is 2. The lowest BCUT2D eigenvalue weighted by Crippen LogP contribution is -2.35. The second-order valence-corrected chi connectivity index (χ2v) is 9.86. The molecule has 0 bridgehead atoms. The number of rotatable bonds is 6. The van der Waals surface area contributed by atoms with Crippen molar-refractivity contribution < 1.29 is 22.9 Å². The van der Waals surface area contributed by atoms with Crippen LogP contribution >= 0.6 is 0 Å². The summed E-state index contributed by atoms with van der Waals surface area (Å²) in [7, 11) is 1.44. The third-order valence-corrected chi connectivity index (χ3v) is 7.14. The lowest BCUT2D eigenvalue weighted by Gasteiger charge is -2.15. The highest BCUT2D eigenvalue weighted by Gasteiger charge is 2.51. The van der Waals surface area contributed by atoms with Gasteiger partial charge in [0.1, 0.15) is 22.6 Å². The van der Waals surface area contributed by atoms with Crippen LogP contribution < -0.4 is 10.6 Å². The fourth-order valence-corrected chi connectivity index (χ4v) is 4.81. The quantitative estimate of drug-likeness (QED) is 0.321. The van der Waals surface area contributed by atoms with Crippen molar-refractivity contribution in [2.24, 2.45) is 0 Å². The molecule has 0 aliphatic heterocycles. The summed E-state index contributed by atoms with van der Waals surface area (Å²) in [5.41, 5.74) is 1.70. The maximum absolute atomic E-state index is 16.3. The van der Waals surface area contributed by atoms with Crippen LogP contribution in [0.3, 0.4) is 0 Å². The molecule has 11 heteroatoms. The minimum absolute atomic E-state index is 0.0190. The molecule has 0 atom stereocenters. The number of halogens is 2. The second-order valence-electron chi connectivity index (χ2n) is 9.86. The Morgan fingerprint density at radius 3 is 2.40 bits per heavy atom. The van der Waals surface area contributed by atoms with Gasteiger partial charge in [-0.2, -0.15) is 10.1 Å². The van der Waals surface area contributed by atoms with Gasteiger partial charge in [-0.1, -0.05) is 11.2 Å². The first-order chi connectivity index (χ1) is 19.2. The number of amides is 2. The Hall–Kier alpha value is -4.93. The van der Waals surface area contributed by atoms with Crippen LogP contribution in [-0.4, -0.2) is 38.6 Å². The van der Waals surface area contributed by atoms with E-state index in [1.807, 2.05) is 6.92 Å². The smallest absolute Gasteiger partial charge is 0.255 e. The van der Waals surface area contributed by atoms with Crippen molar-refractivity contribution in [1.82, 2.24) is 30.4 Å².